The standard InChI is InChI=1S/C35H38N2O3/c36-31-19-23-35(33(37)26-31)40-25-7-2-1-6-24-39-32-20-16-29(17-21-32)15-12-27-10-13-28(14-11-27)18-22-34(38)30-8-4-3-5-9-30/h3-5,8-11,13-14,16-23,26H,1-2,6-7,12,15,24-25,36-37H2/b22-18+. The number of aryl methyl sites for hydroxylation is 2. The summed E-state index contributed by atoms with van der Waals surface area (Å²) in [6, 6.07) is 31.4. The number of carbonyl (C=O) groups excluding carboxylic acids is 1. The molecule has 0 unspecified atom stereocenters. The Kier molecular flexibility index (Phi) is 10.8. The summed E-state index contributed by atoms with van der Waals surface area (Å²) in [5.74, 6) is 1.62. The van der Waals surface area contributed by atoms with E-state index in [-0.39, 0.29) is 5.78 Å². The van der Waals surface area contributed by atoms with Crippen molar-refractivity contribution in [2.24, 2.45) is 0 Å². The van der Waals surface area contributed by atoms with E-state index in [1.165, 1.54) is 11.1 Å². The number of nitrogens with two attached hydrogens (primary N) is 2. The summed E-state index contributed by atoms with van der Waals surface area (Å²) < 4.78 is 11.7. The highest BCUT2D eigenvalue weighted by atomic mass is 16.5. The molecule has 0 bridgehead atoms. The van der Waals surface area contributed by atoms with E-state index in [1.54, 1.807) is 18.2 Å². The maximum Gasteiger partial charge on any atom is 0.185 e. The van der Waals surface area contributed by atoms with E-state index >= 15 is 0 Å². The summed E-state index contributed by atoms with van der Waals surface area (Å²) >= 11 is 0. The Hall–Kier alpha value is -4.51. The summed E-state index contributed by atoms with van der Waals surface area (Å²) in [5.41, 5.74) is 17.1. The Balaban J connectivity index is 1.09. The molecule has 0 amide bonds. The molecule has 0 fully saturated rings. The Morgan fingerprint density at radius 3 is 1.95 bits per heavy atom. The number of unbranched alkanes of at least 4 members (excludes halogenated alkanes) is 3. The Morgan fingerprint density at radius 2 is 1.30 bits per heavy atom. The fourth-order valence-corrected chi connectivity index (χ4v) is 4.34. The van der Waals surface area contributed by atoms with Crippen molar-refractivity contribution in [2.45, 2.75) is 38.5 Å². The average Bonchev–Trinajstić information content (AvgIpc) is 2.98. The van der Waals surface area contributed by atoms with Gasteiger partial charge in [0.1, 0.15) is 11.5 Å². The predicted molar refractivity (Wildman–Crippen MR) is 165 cm³/mol. The number of anilines is 2. The van der Waals surface area contributed by atoms with Gasteiger partial charge in [-0.05, 0) is 91.6 Å². The second kappa shape index (κ2) is 15.2. The molecule has 4 aromatic carbocycles. The van der Waals surface area contributed by atoms with E-state index < -0.39 is 0 Å². The molecule has 5 heteroatoms. The van der Waals surface area contributed by atoms with Gasteiger partial charge in [0.15, 0.2) is 5.78 Å². The third-order valence-corrected chi connectivity index (χ3v) is 6.69. The fraction of sp³-hybridized carbons (Fsp3) is 0.229. The van der Waals surface area contributed by atoms with Gasteiger partial charge in [-0.25, -0.2) is 0 Å². The quantitative estimate of drug-likeness (QED) is 0.0711. The first-order valence-corrected chi connectivity index (χ1v) is 13.9. The SMILES string of the molecule is Nc1ccc(OCCCCCCOc2ccc(CCc3ccc(/C=C/C(=O)c4ccccc4)cc3)cc2)c(N)c1. The van der Waals surface area contributed by atoms with Gasteiger partial charge in [-0.2, -0.15) is 0 Å². The van der Waals surface area contributed by atoms with Crippen molar-refractivity contribution in [1.29, 1.82) is 0 Å². The monoisotopic (exact) mass is 534 g/mol. The van der Waals surface area contributed by atoms with Crippen molar-refractivity contribution < 1.29 is 14.3 Å². The summed E-state index contributed by atoms with van der Waals surface area (Å²) in [4.78, 5) is 12.2. The molecule has 5 nitrogen and oxygen atoms in total. The lowest BCUT2D eigenvalue weighted by Crippen LogP contribution is -2.02. The molecule has 40 heavy (non-hydrogen) atoms. The average molecular weight is 535 g/mol. The molecule has 0 aliphatic carbocycles. The largest absolute Gasteiger partial charge is 0.494 e. The van der Waals surface area contributed by atoms with Crippen LogP contribution < -0.4 is 20.9 Å². The molecule has 206 valence electrons. The summed E-state index contributed by atoms with van der Waals surface area (Å²) in [5, 5.41) is 0. The third kappa shape index (κ3) is 9.35. The highest BCUT2D eigenvalue weighted by Gasteiger charge is 2.02. The summed E-state index contributed by atoms with van der Waals surface area (Å²) in [6.45, 7) is 1.36. The lowest BCUT2D eigenvalue weighted by molar-refractivity contribution is 0.104. The highest BCUT2D eigenvalue weighted by molar-refractivity contribution is 6.06. The lowest BCUT2D eigenvalue weighted by Gasteiger charge is -2.10. The van der Waals surface area contributed by atoms with Gasteiger partial charge in [0, 0.05) is 11.3 Å². The molecule has 0 saturated heterocycles. The Morgan fingerprint density at radius 1 is 0.675 bits per heavy atom. The molecular weight excluding hydrogens is 496 g/mol. The maximum atomic E-state index is 12.2. The Bertz CT molecular complexity index is 1360. The van der Waals surface area contributed by atoms with Crippen LogP contribution in [0.3, 0.4) is 0 Å². The lowest BCUT2D eigenvalue weighted by atomic mass is 10.0. The molecule has 0 aliphatic rings. The molecule has 4 rings (SSSR count). The molecule has 0 aliphatic heterocycles. The first-order valence-electron chi connectivity index (χ1n) is 13.9. The number of benzene rings is 4. The van der Waals surface area contributed by atoms with Crippen molar-refractivity contribution in [1.82, 2.24) is 0 Å². The third-order valence-electron chi connectivity index (χ3n) is 6.69. The van der Waals surface area contributed by atoms with Crippen LogP contribution in [0.5, 0.6) is 11.5 Å². The molecule has 0 aromatic heterocycles. The molecule has 4 N–H and O–H groups in total. The number of carbonyl (C=O) groups is 1. The van der Waals surface area contributed by atoms with Crippen LogP contribution in [0, 0.1) is 0 Å². The molecule has 0 spiro atoms. The van der Waals surface area contributed by atoms with Gasteiger partial charge in [-0.3, -0.25) is 4.79 Å². The molecule has 4 aromatic rings. The first kappa shape index (κ1) is 28.5. The van der Waals surface area contributed by atoms with E-state index in [9.17, 15) is 4.79 Å². The second-order valence-electron chi connectivity index (χ2n) is 9.86. The van der Waals surface area contributed by atoms with Crippen molar-refractivity contribution in [3.63, 3.8) is 0 Å². The van der Waals surface area contributed by atoms with Crippen LogP contribution in [-0.4, -0.2) is 19.0 Å². The minimum atomic E-state index is 0.0138. The number of ketones is 1. The van der Waals surface area contributed by atoms with Crippen molar-refractivity contribution in [2.75, 3.05) is 24.7 Å². The maximum absolute atomic E-state index is 12.2. The molecule has 0 heterocycles. The van der Waals surface area contributed by atoms with Crippen LogP contribution in [0.2, 0.25) is 0 Å². The van der Waals surface area contributed by atoms with Crippen molar-refractivity contribution in [3.05, 3.63) is 125 Å². The topological polar surface area (TPSA) is 87.6 Å². The fourth-order valence-electron chi connectivity index (χ4n) is 4.34. The van der Waals surface area contributed by atoms with Gasteiger partial charge in [-0.15, -0.1) is 0 Å². The van der Waals surface area contributed by atoms with Gasteiger partial charge in [0.2, 0.25) is 0 Å². The van der Waals surface area contributed by atoms with E-state index in [4.69, 9.17) is 20.9 Å². The minimum absolute atomic E-state index is 0.0138. The number of hydrogen-bond acceptors (Lipinski definition) is 5. The van der Waals surface area contributed by atoms with E-state index in [0.29, 0.717) is 35.9 Å². The van der Waals surface area contributed by atoms with Crippen LogP contribution in [-0.2, 0) is 12.8 Å². The summed E-state index contributed by atoms with van der Waals surface area (Å²) in [6.07, 6.45) is 9.59. The van der Waals surface area contributed by atoms with Gasteiger partial charge < -0.3 is 20.9 Å². The zero-order chi connectivity index (χ0) is 28.0. The van der Waals surface area contributed by atoms with Crippen LogP contribution >= 0.6 is 0 Å². The molecule has 0 saturated carbocycles. The van der Waals surface area contributed by atoms with E-state index in [1.807, 2.05) is 42.5 Å². The zero-order valence-electron chi connectivity index (χ0n) is 22.9. The van der Waals surface area contributed by atoms with Gasteiger partial charge in [0.25, 0.3) is 0 Å². The van der Waals surface area contributed by atoms with Crippen LogP contribution in [0.4, 0.5) is 11.4 Å². The number of allylic oxidation sites excluding steroid dienone is 1. The normalized spacial score (nSPS) is 11.0. The van der Waals surface area contributed by atoms with E-state index in [2.05, 4.69) is 48.5 Å². The van der Waals surface area contributed by atoms with Crippen LogP contribution in [0.1, 0.15) is 52.7 Å². The number of rotatable bonds is 15. The van der Waals surface area contributed by atoms with Gasteiger partial charge >= 0.3 is 0 Å². The summed E-state index contributed by atoms with van der Waals surface area (Å²) in [7, 11) is 0. The van der Waals surface area contributed by atoms with Crippen LogP contribution in [0.25, 0.3) is 6.08 Å². The minimum Gasteiger partial charge on any atom is -0.494 e. The van der Waals surface area contributed by atoms with Gasteiger partial charge in [0.05, 0.1) is 18.9 Å². The Labute approximate surface area is 237 Å². The van der Waals surface area contributed by atoms with Gasteiger partial charge in [-0.1, -0.05) is 72.8 Å². The molecule has 0 radical (unpaired) electrons. The van der Waals surface area contributed by atoms with Crippen molar-refractivity contribution >= 4 is 23.2 Å². The zero-order valence-corrected chi connectivity index (χ0v) is 22.9. The number of hydrogen-bond donors (Lipinski definition) is 2. The van der Waals surface area contributed by atoms with Crippen LogP contribution in [0.15, 0.2) is 103 Å². The van der Waals surface area contributed by atoms with E-state index in [0.717, 1.165) is 49.8 Å². The molecular formula is C35H38N2O3. The highest BCUT2D eigenvalue weighted by Crippen LogP contribution is 2.24. The first-order chi connectivity index (χ1) is 19.6. The number of ether oxygens (including phenoxy) is 2. The smallest absolute Gasteiger partial charge is 0.185 e. The predicted octanol–water partition coefficient (Wildman–Crippen LogP) is 7.55. The second-order valence-corrected chi connectivity index (χ2v) is 9.86. The molecule has 0 atom stereocenters. The number of nitrogen functional groups attached to an aromatic ring is 2. The van der Waals surface area contributed by atoms with Crippen molar-refractivity contribution in [3.8, 4) is 11.5 Å².